The maximum atomic E-state index is 13.5. The highest BCUT2D eigenvalue weighted by Gasteiger charge is 2.24. The first-order valence-electron chi connectivity index (χ1n) is 6.20. The van der Waals surface area contributed by atoms with E-state index in [0.717, 1.165) is 5.69 Å². The number of halogens is 1. The van der Waals surface area contributed by atoms with Gasteiger partial charge < -0.3 is 21.1 Å². The lowest BCUT2D eigenvalue weighted by atomic mass is 9.96. The van der Waals surface area contributed by atoms with Crippen LogP contribution in [-0.2, 0) is 4.79 Å². The van der Waals surface area contributed by atoms with Gasteiger partial charge in [-0.1, -0.05) is 0 Å². The monoisotopic (exact) mass is 267 g/mol. The predicted octanol–water partition coefficient (Wildman–Crippen LogP) is 1.12. The fourth-order valence-electron chi connectivity index (χ4n) is 2.39. The van der Waals surface area contributed by atoms with Crippen molar-refractivity contribution in [3.63, 3.8) is 0 Å². The van der Waals surface area contributed by atoms with Gasteiger partial charge in [-0.3, -0.25) is 4.79 Å². The molecule has 1 aromatic rings. The molecular weight excluding hydrogens is 249 g/mol. The van der Waals surface area contributed by atoms with Gasteiger partial charge in [0.2, 0.25) is 5.91 Å². The first-order chi connectivity index (χ1) is 9.02. The molecule has 1 aliphatic rings. The van der Waals surface area contributed by atoms with Crippen LogP contribution in [0, 0.1) is 11.7 Å². The molecular formula is C13H18FN3O2. The third kappa shape index (κ3) is 2.72. The summed E-state index contributed by atoms with van der Waals surface area (Å²) >= 11 is 0. The van der Waals surface area contributed by atoms with E-state index in [1.54, 1.807) is 6.07 Å². The number of benzene rings is 1. The summed E-state index contributed by atoms with van der Waals surface area (Å²) in [6.45, 7) is 1.35. The van der Waals surface area contributed by atoms with Crippen LogP contribution in [-0.4, -0.2) is 26.1 Å². The molecule has 1 aromatic carbocycles. The molecule has 2 rings (SSSR count). The Balaban J connectivity index is 2.17. The van der Waals surface area contributed by atoms with Crippen molar-refractivity contribution in [1.82, 2.24) is 0 Å². The number of amides is 1. The molecule has 104 valence electrons. The van der Waals surface area contributed by atoms with Gasteiger partial charge >= 0.3 is 0 Å². The number of nitrogens with two attached hydrogens (primary N) is 2. The van der Waals surface area contributed by atoms with Crippen molar-refractivity contribution in [2.75, 3.05) is 30.8 Å². The molecule has 0 aliphatic carbocycles. The van der Waals surface area contributed by atoms with Crippen LogP contribution in [0.4, 0.5) is 15.8 Å². The van der Waals surface area contributed by atoms with Crippen molar-refractivity contribution in [1.29, 1.82) is 0 Å². The molecule has 0 aromatic heterocycles. The number of nitrogen functional groups attached to an aromatic ring is 1. The van der Waals surface area contributed by atoms with Gasteiger partial charge in [-0.25, -0.2) is 4.39 Å². The van der Waals surface area contributed by atoms with Gasteiger partial charge in [0, 0.05) is 31.1 Å². The second-order valence-corrected chi connectivity index (χ2v) is 4.71. The number of carbonyl (C=O) groups is 1. The molecule has 6 heteroatoms. The first-order valence-corrected chi connectivity index (χ1v) is 6.20. The highest BCUT2D eigenvalue weighted by Crippen LogP contribution is 2.33. The Hall–Kier alpha value is -1.98. The van der Waals surface area contributed by atoms with E-state index < -0.39 is 5.82 Å². The number of carbonyl (C=O) groups excluding carboxylic acids is 1. The smallest absolute Gasteiger partial charge is 0.220 e. The van der Waals surface area contributed by atoms with Gasteiger partial charge in [-0.05, 0) is 12.8 Å². The van der Waals surface area contributed by atoms with E-state index >= 15 is 0 Å². The average molecular weight is 267 g/mol. The minimum Gasteiger partial charge on any atom is -0.494 e. The number of piperidine rings is 1. The largest absolute Gasteiger partial charge is 0.494 e. The van der Waals surface area contributed by atoms with E-state index in [-0.39, 0.29) is 17.6 Å². The lowest BCUT2D eigenvalue weighted by Gasteiger charge is -2.33. The highest BCUT2D eigenvalue weighted by atomic mass is 19.1. The molecule has 1 aliphatic heterocycles. The van der Waals surface area contributed by atoms with E-state index in [1.165, 1.54) is 13.2 Å². The van der Waals surface area contributed by atoms with Crippen molar-refractivity contribution < 1.29 is 13.9 Å². The van der Waals surface area contributed by atoms with Crippen LogP contribution in [0.3, 0.4) is 0 Å². The molecule has 0 radical (unpaired) electrons. The number of hydrogen-bond acceptors (Lipinski definition) is 4. The Morgan fingerprint density at radius 1 is 1.42 bits per heavy atom. The van der Waals surface area contributed by atoms with Gasteiger partial charge in [0.05, 0.1) is 18.5 Å². The summed E-state index contributed by atoms with van der Waals surface area (Å²) in [5.41, 5.74) is 12.2. The van der Waals surface area contributed by atoms with E-state index in [2.05, 4.69) is 0 Å². The van der Waals surface area contributed by atoms with Crippen LogP contribution in [0.1, 0.15) is 12.8 Å². The lowest BCUT2D eigenvalue weighted by Crippen LogP contribution is -2.38. The maximum Gasteiger partial charge on any atom is 0.220 e. The SMILES string of the molecule is COc1cc(N2CCC(C(N)=O)CC2)c(N)cc1F. The number of hydrogen-bond donors (Lipinski definition) is 2. The summed E-state index contributed by atoms with van der Waals surface area (Å²) in [5.74, 6) is -0.652. The van der Waals surface area contributed by atoms with Gasteiger partial charge in [0.1, 0.15) is 0 Å². The second-order valence-electron chi connectivity index (χ2n) is 4.71. The van der Waals surface area contributed by atoms with E-state index in [9.17, 15) is 9.18 Å². The zero-order valence-electron chi connectivity index (χ0n) is 10.9. The maximum absolute atomic E-state index is 13.5. The number of nitrogens with zero attached hydrogens (tertiary/aromatic N) is 1. The quantitative estimate of drug-likeness (QED) is 0.804. The lowest BCUT2D eigenvalue weighted by molar-refractivity contribution is -0.122. The minimum absolute atomic E-state index is 0.0835. The fourth-order valence-corrected chi connectivity index (χ4v) is 2.39. The van der Waals surface area contributed by atoms with Crippen LogP contribution >= 0.6 is 0 Å². The first kappa shape index (κ1) is 13.5. The predicted molar refractivity (Wildman–Crippen MR) is 71.5 cm³/mol. The summed E-state index contributed by atoms with van der Waals surface area (Å²) < 4.78 is 18.4. The molecule has 1 saturated heterocycles. The summed E-state index contributed by atoms with van der Waals surface area (Å²) in [7, 11) is 1.41. The Kier molecular flexibility index (Phi) is 3.78. The zero-order chi connectivity index (χ0) is 14.0. The highest BCUT2D eigenvalue weighted by molar-refractivity contribution is 5.77. The van der Waals surface area contributed by atoms with Crippen molar-refractivity contribution in [2.45, 2.75) is 12.8 Å². The van der Waals surface area contributed by atoms with Crippen LogP contribution in [0.5, 0.6) is 5.75 Å². The third-order valence-electron chi connectivity index (χ3n) is 3.54. The molecule has 5 nitrogen and oxygen atoms in total. The van der Waals surface area contributed by atoms with Crippen molar-refractivity contribution in [3.8, 4) is 5.75 Å². The molecule has 0 bridgehead atoms. The molecule has 1 amide bonds. The molecule has 4 N–H and O–H groups in total. The fraction of sp³-hybridized carbons (Fsp3) is 0.462. The summed E-state index contributed by atoms with van der Waals surface area (Å²) in [5, 5.41) is 0. The molecule has 0 spiro atoms. The van der Waals surface area contributed by atoms with Gasteiger partial charge in [0.25, 0.3) is 0 Å². The van der Waals surface area contributed by atoms with Crippen LogP contribution in [0.15, 0.2) is 12.1 Å². The topological polar surface area (TPSA) is 81.6 Å². The van der Waals surface area contributed by atoms with Gasteiger partial charge in [-0.2, -0.15) is 0 Å². The number of ether oxygens (including phenoxy) is 1. The number of rotatable bonds is 3. The molecule has 1 heterocycles. The van der Waals surface area contributed by atoms with Crippen molar-refractivity contribution in [3.05, 3.63) is 17.9 Å². The molecule has 0 unspecified atom stereocenters. The van der Waals surface area contributed by atoms with Crippen LogP contribution in [0.2, 0.25) is 0 Å². The average Bonchev–Trinajstić information content (AvgIpc) is 2.39. The van der Waals surface area contributed by atoms with Crippen LogP contribution in [0.25, 0.3) is 0 Å². The Morgan fingerprint density at radius 3 is 2.58 bits per heavy atom. The number of primary amides is 1. The number of anilines is 2. The van der Waals surface area contributed by atoms with Gasteiger partial charge in [-0.15, -0.1) is 0 Å². The summed E-state index contributed by atoms with van der Waals surface area (Å²) in [4.78, 5) is 13.1. The Morgan fingerprint density at radius 2 is 2.05 bits per heavy atom. The molecule has 19 heavy (non-hydrogen) atoms. The standard InChI is InChI=1S/C13H18FN3O2/c1-19-12-7-11(10(15)6-9(12)14)17-4-2-8(3-5-17)13(16)18/h6-8H,2-5,15H2,1H3,(H2,16,18). The molecule has 0 saturated carbocycles. The van der Waals surface area contributed by atoms with Gasteiger partial charge in [0.15, 0.2) is 11.6 Å². The van der Waals surface area contributed by atoms with Crippen LogP contribution < -0.4 is 21.1 Å². The van der Waals surface area contributed by atoms with E-state index in [0.29, 0.717) is 31.6 Å². The molecule has 1 fully saturated rings. The third-order valence-corrected chi connectivity index (χ3v) is 3.54. The normalized spacial score (nSPS) is 16.4. The summed E-state index contributed by atoms with van der Waals surface area (Å²) in [6, 6.07) is 2.85. The van der Waals surface area contributed by atoms with E-state index in [4.69, 9.17) is 16.2 Å². The molecule has 0 atom stereocenters. The van der Waals surface area contributed by atoms with Crippen molar-refractivity contribution >= 4 is 17.3 Å². The summed E-state index contributed by atoms with van der Waals surface area (Å²) in [6.07, 6.45) is 1.38. The Labute approximate surface area is 111 Å². The zero-order valence-corrected chi connectivity index (χ0v) is 10.9. The second kappa shape index (κ2) is 5.34. The number of methoxy groups -OCH3 is 1. The Bertz CT molecular complexity index is 485. The van der Waals surface area contributed by atoms with Crippen molar-refractivity contribution in [2.24, 2.45) is 11.7 Å². The minimum atomic E-state index is -0.476. The van der Waals surface area contributed by atoms with E-state index in [1.807, 2.05) is 4.90 Å².